The summed E-state index contributed by atoms with van der Waals surface area (Å²) in [6.07, 6.45) is 0.824. The molecule has 2 N–H and O–H groups in total. The zero-order valence-corrected chi connectivity index (χ0v) is 14.8. The monoisotopic (exact) mass is 321 g/mol. The van der Waals surface area contributed by atoms with E-state index < -0.39 is 11.5 Å². The number of carbonyl (C=O) groups is 2. The molecule has 0 saturated carbocycles. The molecule has 1 amide bonds. The molecule has 0 fully saturated rings. The first kappa shape index (κ1) is 19.0. The van der Waals surface area contributed by atoms with Crippen molar-refractivity contribution in [2.45, 2.75) is 53.0 Å². The summed E-state index contributed by atoms with van der Waals surface area (Å²) in [7, 11) is 1.60. The van der Waals surface area contributed by atoms with Crippen molar-refractivity contribution in [1.29, 1.82) is 0 Å². The highest BCUT2D eigenvalue weighted by Gasteiger charge is 2.39. The highest BCUT2D eigenvalue weighted by molar-refractivity contribution is 5.88. The highest BCUT2D eigenvalue weighted by atomic mass is 16.5. The van der Waals surface area contributed by atoms with Crippen molar-refractivity contribution in [3.63, 3.8) is 0 Å². The molecule has 0 aromatic heterocycles. The summed E-state index contributed by atoms with van der Waals surface area (Å²) < 4.78 is 5.22. The lowest BCUT2D eigenvalue weighted by Crippen LogP contribution is -2.56. The van der Waals surface area contributed by atoms with E-state index in [0.29, 0.717) is 6.42 Å². The van der Waals surface area contributed by atoms with Crippen molar-refractivity contribution in [1.82, 2.24) is 5.32 Å². The maximum Gasteiger partial charge on any atom is 0.329 e. The summed E-state index contributed by atoms with van der Waals surface area (Å²) in [6, 6.07) is 3.75. The van der Waals surface area contributed by atoms with E-state index in [2.05, 4.69) is 5.32 Å². The zero-order valence-electron chi connectivity index (χ0n) is 14.8. The lowest BCUT2D eigenvalue weighted by Gasteiger charge is -2.32. The third-order valence-corrected chi connectivity index (χ3v) is 4.68. The smallest absolute Gasteiger partial charge is 0.329 e. The van der Waals surface area contributed by atoms with Gasteiger partial charge in [-0.3, -0.25) is 4.79 Å². The van der Waals surface area contributed by atoms with E-state index in [1.807, 2.05) is 39.8 Å². The minimum atomic E-state index is -1.26. The Hall–Kier alpha value is -2.04. The average molecular weight is 321 g/mol. The quantitative estimate of drug-likeness (QED) is 0.810. The Bertz CT molecular complexity index is 574. The largest absolute Gasteiger partial charge is 0.497 e. The number of rotatable bonds is 7. The van der Waals surface area contributed by atoms with Gasteiger partial charge >= 0.3 is 5.97 Å². The van der Waals surface area contributed by atoms with Crippen molar-refractivity contribution >= 4 is 11.9 Å². The van der Waals surface area contributed by atoms with Crippen LogP contribution < -0.4 is 10.1 Å². The van der Waals surface area contributed by atoms with E-state index in [4.69, 9.17) is 4.74 Å². The van der Waals surface area contributed by atoms with E-state index in [9.17, 15) is 14.7 Å². The predicted octanol–water partition coefficient (Wildman–Crippen LogP) is 2.86. The van der Waals surface area contributed by atoms with Gasteiger partial charge in [0.05, 0.1) is 13.5 Å². The van der Waals surface area contributed by atoms with Crippen LogP contribution in [0.15, 0.2) is 12.1 Å². The van der Waals surface area contributed by atoms with Crippen LogP contribution in [0.25, 0.3) is 0 Å². The summed E-state index contributed by atoms with van der Waals surface area (Å²) in [6.45, 7) is 9.15. The molecule has 1 rings (SSSR count). The van der Waals surface area contributed by atoms with E-state index >= 15 is 0 Å². The number of amides is 1. The van der Waals surface area contributed by atoms with Gasteiger partial charge in [0.15, 0.2) is 0 Å². The molecule has 0 saturated heterocycles. The molecule has 0 aliphatic rings. The third kappa shape index (κ3) is 4.24. The van der Waals surface area contributed by atoms with Crippen LogP contribution in [0.3, 0.4) is 0 Å². The Morgan fingerprint density at radius 1 is 1.30 bits per heavy atom. The van der Waals surface area contributed by atoms with E-state index in [0.717, 1.165) is 22.4 Å². The molecule has 2 unspecified atom stereocenters. The molecule has 0 bridgehead atoms. The Labute approximate surface area is 138 Å². The van der Waals surface area contributed by atoms with Crippen LogP contribution in [-0.4, -0.2) is 29.6 Å². The van der Waals surface area contributed by atoms with Crippen LogP contribution in [0.4, 0.5) is 0 Å². The zero-order chi connectivity index (χ0) is 17.8. The van der Waals surface area contributed by atoms with Crippen LogP contribution in [0.5, 0.6) is 5.75 Å². The summed E-state index contributed by atoms with van der Waals surface area (Å²) >= 11 is 0. The van der Waals surface area contributed by atoms with Crippen molar-refractivity contribution in [2.24, 2.45) is 5.92 Å². The SMILES string of the molecule is CCC(C)C(C)(NC(=O)Cc1c(C)cc(OC)cc1C)C(=O)O. The third-order valence-electron chi connectivity index (χ3n) is 4.68. The highest BCUT2D eigenvalue weighted by Crippen LogP contribution is 2.24. The summed E-state index contributed by atoms with van der Waals surface area (Å²) in [4.78, 5) is 24.0. The maximum atomic E-state index is 12.4. The predicted molar refractivity (Wildman–Crippen MR) is 89.8 cm³/mol. The molecular formula is C18H27NO4. The minimum absolute atomic E-state index is 0.154. The molecule has 1 aromatic rings. The number of benzene rings is 1. The number of carbonyl (C=O) groups excluding carboxylic acids is 1. The molecule has 2 atom stereocenters. The number of aryl methyl sites for hydroxylation is 2. The van der Waals surface area contributed by atoms with Crippen molar-refractivity contribution in [3.8, 4) is 5.75 Å². The Morgan fingerprint density at radius 2 is 1.83 bits per heavy atom. The molecule has 23 heavy (non-hydrogen) atoms. The topological polar surface area (TPSA) is 75.6 Å². The number of hydrogen-bond acceptors (Lipinski definition) is 3. The lowest BCUT2D eigenvalue weighted by molar-refractivity contribution is -0.149. The van der Waals surface area contributed by atoms with Crippen LogP contribution in [-0.2, 0) is 16.0 Å². The Morgan fingerprint density at radius 3 is 2.22 bits per heavy atom. The second kappa shape index (κ2) is 7.49. The Balaban J connectivity index is 2.98. The average Bonchev–Trinajstić information content (AvgIpc) is 2.49. The minimum Gasteiger partial charge on any atom is -0.497 e. The van der Waals surface area contributed by atoms with Gasteiger partial charge in [0.1, 0.15) is 11.3 Å². The fourth-order valence-electron chi connectivity index (χ4n) is 2.64. The normalized spacial score (nSPS) is 14.7. The van der Waals surface area contributed by atoms with Crippen LogP contribution in [0.1, 0.15) is 43.9 Å². The van der Waals surface area contributed by atoms with Crippen LogP contribution in [0, 0.1) is 19.8 Å². The molecule has 0 aliphatic heterocycles. The molecule has 128 valence electrons. The van der Waals surface area contributed by atoms with E-state index in [-0.39, 0.29) is 18.2 Å². The van der Waals surface area contributed by atoms with Crippen LogP contribution >= 0.6 is 0 Å². The first-order valence-corrected chi connectivity index (χ1v) is 7.84. The van der Waals surface area contributed by atoms with Gasteiger partial charge in [-0.1, -0.05) is 20.3 Å². The van der Waals surface area contributed by atoms with Gasteiger partial charge in [-0.2, -0.15) is 0 Å². The van der Waals surface area contributed by atoms with Gasteiger partial charge in [-0.25, -0.2) is 4.79 Å². The number of hydrogen-bond donors (Lipinski definition) is 2. The Kier molecular flexibility index (Phi) is 6.19. The summed E-state index contributed by atoms with van der Waals surface area (Å²) in [5.41, 5.74) is 1.55. The maximum absolute atomic E-state index is 12.4. The van der Waals surface area contributed by atoms with Gasteiger partial charge in [-0.15, -0.1) is 0 Å². The first-order valence-electron chi connectivity index (χ1n) is 7.84. The van der Waals surface area contributed by atoms with Crippen molar-refractivity contribution in [2.75, 3.05) is 7.11 Å². The molecule has 1 aromatic carbocycles. The number of ether oxygens (including phenoxy) is 1. The lowest BCUT2D eigenvalue weighted by atomic mass is 9.84. The number of carboxylic acids is 1. The van der Waals surface area contributed by atoms with Crippen molar-refractivity contribution in [3.05, 3.63) is 28.8 Å². The number of carboxylic acid groups (broad SMARTS) is 1. The summed E-state index contributed by atoms with van der Waals surface area (Å²) in [5.74, 6) is -0.712. The van der Waals surface area contributed by atoms with E-state index in [1.54, 1.807) is 14.0 Å². The van der Waals surface area contributed by atoms with Crippen molar-refractivity contribution < 1.29 is 19.4 Å². The molecule has 5 heteroatoms. The molecule has 0 aliphatic carbocycles. The molecule has 0 radical (unpaired) electrons. The molecule has 0 heterocycles. The van der Waals surface area contributed by atoms with Gasteiger partial charge in [0, 0.05) is 0 Å². The number of aliphatic carboxylic acids is 1. The van der Waals surface area contributed by atoms with Gasteiger partial charge in [0.2, 0.25) is 5.91 Å². The van der Waals surface area contributed by atoms with Crippen LogP contribution in [0.2, 0.25) is 0 Å². The van der Waals surface area contributed by atoms with E-state index in [1.165, 1.54) is 0 Å². The van der Waals surface area contributed by atoms with Gasteiger partial charge in [0.25, 0.3) is 0 Å². The number of methoxy groups -OCH3 is 1. The van der Waals surface area contributed by atoms with Gasteiger partial charge < -0.3 is 15.2 Å². The fourth-order valence-corrected chi connectivity index (χ4v) is 2.64. The standard InChI is InChI=1S/C18H27NO4/c1-7-13(4)18(5,17(21)22)19-16(20)10-15-11(2)8-14(23-6)9-12(15)3/h8-9,13H,7,10H2,1-6H3,(H,19,20)(H,21,22). The molecular weight excluding hydrogens is 294 g/mol. The first-order chi connectivity index (χ1) is 10.7. The molecule has 0 spiro atoms. The summed E-state index contributed by atoms with van der Waals surface area (Å²) in [5, 5.41) is 12.2. The molecule has 5 nitrogen and oxygen atoms in total. The fraction of sp³-hybridized carbons (Fsp3) is 0.556. The second-order valence-corrected chi connectivity index (χ2v) is 6.28. The van der Waals surface area contributed by atoms with Gasteiger partial charge in [-0.05, 0) is 55.5 Å². The number of nitrogens with one attached hydrogen (secondary N) is 1. The second-order valence-electron chi connectivity index (χ2n) is 6.28.